The number of hydrogen-bond acceptors (Lipinski definition) is 3. The zero-order chi connectivity index (χ0) is 22.1. The molecule has 0 aliphatic heterocycles. The normalized spacial score (nSPS) is 15.8. The van der Waals surface area contributed by atoms with Gasteiger partial charge in [0.15, 0.2) is 0 Å². The second-order valence-electron chi connectivity index (χ2n) is 7.80. The summed E-state index contributed by atoms with van der Waals surface area (Å²) in [6.07, 6.45) is 5.61. The van der Waals surface area contributed by atoms with Crippen molar-refractivity contribution in [2.24, 2.45) is 0 Å². The molecule has 2 aromatic rings. The Morgan fingerprint density at radius 1 is 1.00 bits per heavy atom. The summed E-state index contributed by atoms with van der Waals surface area (Å²) in [4.78, 5) is 13.0. The van der Waals surface area contributed by atoms with Crippen LogP contribution in [0.2, 0.25) is 10.0 Å². The molecule has 162 valence electrons. The molecule has 0 bridgehead atoms. The number of anilines is 1. The van der Waals surface area contributed by atoms with Gasteiger partial charge in [-0.3, -0.25) is 9.10 Å². The number of amides is 1. The number of halogens is 2. The van der Waals surface area contributed by atoms with Gasteiger partial charge in [0.2, 0.25) is 15.9 Å². The van der Waals surface area contributed by atoms with E-state index in [-0.39, 0.29) is 16.8 Å². The van der Waals surface area contributed by atoms with Crippen LogP contribution >= 0.6 is 23.2 Å². The number of nitrogens with zero attached hydrogens (tertiary/aromatic N) is 1. The molecule has 1 amide bonds. The third-order valence-electron chi connectivity index (χ3n) is 5.48. The zero-order valence-corrected chi connectivity index (χ0v) is 19.6. The smallest absolute Gasteiger partial charge is 0.244 e. The second kappa shape index (κ2) is 9.16. The molecule has 2 atom stereocenters. The van der Waals surface area contributed by atoms with Crippen molar-refractivity contribution in [3.63, 3.8) is 0 Å². The van der Waals surface area contributed by atoms with E-state index in [2.05, 4.69) is 17.4 Å². The van der Waals surface area contributed by atoms with Gasteiger partial charge in [-0.25, -0.2) is 8.42 Å². The molecular weight excluding hydrogens is 443 g/mol. The van der Waals surface area contributed by atoms with Crippen molar-refractivity contribution < 1.29 is 13.2 Å². The standard InChI is InChI=1S/C22H26Cl2N2O3S/c1-14(17-9-8-16-6-4-5-7-18(16)12-17)25-22(27)15(2)26(30(3,28)29)19-10-11-20(23)21(24)13-19/h8-15H,4-7H2,1-3H3,(H,25,27)/t14-,15+/m1/s1. The first-order valence-corrected chi connectivity index (χ1v) is 12.5. The van der Waals surface area contributed by atoms with E-state index in [9.17, 15) is 13.2 Å². The molecule has 0 spiro atoms. The van der Waals surface area contributed by atoms with Crippen LogP contribution in [0, 0.1) is 0 Å². The Labute approximate surface area is 188 Å². The van der Waals surface area contributed by atoms with Crippen molar-refractivity contribution in [1.29, 1.82) is 0 Å². The Hall–Kier alpha value is -1.76. The number of benzene rings is 2. The quantitative estimate of drug-likeness (QED) is 0.654. The minimum absolute atomic E-state index is 0.220. The summed E-state index contributed by atoms with van der Waals surface area (Å²) in [5, 5.41) is 3.48. The lowest BCUT2D eigenvalue weighted by Gasteiger charge is -2.29. The fourth-order valence-corrected chi connectivity index (χ4v) is 5.33. The van der Waals surface area contributed by atoms with Crippen LogP contribution in [0.4, 0.5) is 5.69 Å². The van der Waals surface area contributed by atoms with Gasteiger partial charge < -0.3 is 5.32 Å². The van der Waals surface area contributed by atoms with Crippen molar-refractivity contribution in [3.8, 4) is 0 Å². The van der Waals surface area contributed by atoms with E-state index in [0.29, 0.717) is 5.02 Å². The first-order valence-electron chi connectivity index (χ1n) is 9.94. The second-order valence-corrected chi connectivity index (χ2v) is 10.5. The lowest BCUT2D eigenvalue weighted by atomic mass is 9.89. The number of nitrogens with one attached hydrogen (secondary N) is 1. The highest BCUT2D eigenvalue weighted by Gasteiger charge is 2.30. The fraction of sp³-hybridized carbons (Fsp3) is 0.409. The Bertz CT molecular complexity index is 1060. The molecule has 8 heteroatoms. The van der Waals surface area contributed by atoms with Crippen LogP contribution < -0.4 is 9.62 Å². The van der Waals surface area contributed by atoms with E-state index in [0.717, 1.165) is 29.0 Å². The molecule has 0 unspecified atom stereocenters. The molecule has 5 nitrogen and oxygen atoms in total. The Kier molecular flexibility index (Phi) is 7.00. The highest BCUT2D eigenvalue weighted by atomic mass is 35.5. The maximum Gasteiger partial charge on any atom is 0.244 e. The van der Waals surface area contributed by atoms with E-state index in [1.54, 1.807) is 6.92 Å². The van der Waals surface area contributed by atoms with Crippen molar-refractivity contribution in [2.75, 3.05) is 10.6 Å². The predicted molar refractivity (Wildman–Crippen MR) is 123 cm³/mol. The predicted octanol–water partition coefficient (Wildman–Crippen LogP) is 4.90. The van der Waals surface area contributed by atoms with Gasteiger partial charge in [0.05, 0.1) is 28.0 Å². The summed E-state index contributed by atoms with van der Waals surface area (Å²) in [6, 6.07) is 9.60. The van der Waals surface area contributed by atoms with Gasteiger partial charge in [0.1, 0.15) is 6.04 Å². The molecule has 1 N–H and O–H groups in total. The van der Waals surface area contributed by atoms with Gasteiger partial charge in [-0.2, -0.15) is 0 Å². The summed E-state index contributed by atoms with van der Waals surface area (Å²) in [7, 11) is -3.73. The van der Waals surface area contributed by atoms with Crippen molar-refractivity contribution in [2.45, 2.75) is 51.6 Å². The van der Waals surface area contributed by atoms with Gasteiger partial charge in [-0.1, -0.05) is 41.4 Å². The number of hydrogen-bond donors (Lipinski definition) is 1. The van der Waals surface area contributed by atoms with Crippen molar-refractivity contribution in [1.82, 2.24) is 5.32 Å². The number of fused-ring (bicyclic) bond motifs is 1. The first kappa shape index (κ1) is 22.9. The van der Waals surface area contributed by atoms with Gasteiger partial charge in [-0.15, -0.1) is 0 Å². The monoisotopic (exact) mass is 468 g/mol. The zero-order valence-electron chi connectivity index (χ0n) is 17.3. The van der Waals surface area contributed by atoms with E-state index in [1.165, 1.54) is 42.2 Å². The van der Waals surface area contributed by atoms with E-state index in [4.69, 9.17) is 23.2 Å². The van der Waals surface area contributed by atoms with Crippen molar-refractivity contribution in [3.05, 3.63) is 63.1 Å². The largest absolute Gasteiger partial charge is 0.348 e. The fourth-order valence-electron chi connectivity index (χ4n) is 3.87. The van der Waals surface area contributed by atoms with Gasteiger partial charge in [-0.05, 0) is 74.4 Å². The summed E-state index contributed by atoms with van der Waals surface area (Å²) in [5.74, 6) is -0.392. The summed E-state index contributed by atoms with van der Waals surface area (Å²) < 4.78 is 26.0. The summed E-state index contributed by atoms with van der Waals surface area (Å²) in [6.45, 7) is 3.46. The molecule has 0 saturated carbocycles. The molecule has 3 rings (SSSR count). The molecule has 1 aliphatic carbocycles. The Balaban J connectivity index is 1.80. The van der Waals surface area contributed by atoms with E-state index < -0.39 is 22.0 Å². The van der Waals surface area contributed by atoms with Crippen LogP contribution in [0.5, 0.6) is 0 Å². The molecule has 0 fully saturated rings. The molecule has 30 heavy (non-hydrogen) atoms. The van der Waals surface area contributed by atoms with Crippen LogP contribution in [-0.2, 0) is 27.7 Å². The first-order chi connectivity index (χ1) is 14.1. The van der Waals surface area contributed by atoms with Gasteiger partial charge >= 0.3 is 0 Å². The summed E-state index contributed by atoms with van der Waals surface area (Å²) >= 11 is 12.0. The highest BCUT2D eigenvalue weighted by molar-refractivity contribution is 7.92. The van der Waals surface area contributed by atoms with Gasteiger partial charge in [0.25, 0.3) is 0 Å². The molecule has 0 radical (unpaired) electrons. The van der Waals surface area contributed by atoms with Crippen LogP contribution in [0.3, 0.4) is 0 Å². The molecule has 2 aromatic carbocycles. The number of sulfonamides is 1. The van der Waals surface area contributed by atoms with Crippen LogP contribution in [-0.4, -0.2) is 26.6 Å². The minimum Gasteiger partial charge on any atom is -0.348 e. The van der Waals surface area contributed by atoms with E-state index >= 15 is 0 Å². The van der Waals surface area contributed by atoms with Gasteiger partial charge in [0, 0.05) is 0 Å². The highest BCUT2D eigenvalue weighted by Crippen LogP contribution is 2.30. The lowest BCUT2D eigenvalue weighted by molar-refractivity contribution is -0.122. The third kappa shape index (κ3) is 5.10. The number of aryl methyl sites for hydroxylation is 2. The average molecular weight is 469 g/mol. The molecular formula is C22H26Cl2N2O3S. The molecule has 0 saturated heterocycles. The maximum absolute atomic E-state index is 13.0. The maximum atomic E-state index is 13.0. The van der Waals surface area contributed by atoms with Crippen LogP contribution in [0.1, 0.15) is 49.4 Å². The molecule has 1 aliphatic rings. The number of carbonyl (C=O) groups excluding carboxylic acids is 1. The summed E-state index contributed by atoms with van der Waals surface area (Å²) in [5.41, 5.74) is 4.01. The van der Waals surface area contributed by atoms with Crippen LogP contribution in [0.15, 0.2) is 36.4 Å². The topological polar surface area (TPSA) is 66.5 Å². The Morgan fingerprint density at radius 2 is 1.67 bits per heavy atom. The molecule has 0 heterocycles. The Morgan fingerprint density at radius 3 is 2.30 bits per heavy atom. The van der Waals surface area contributed by atoms with Crippen molar-refractivity contribution >= 4 is 44.8 Å². The minimum atomic E-state index is -3.73. The SMILES string of the molecule is C[C@@H](NC(=O)[C@H](C)N(c1ccc(Cl)c(Cl)c1)S(C)(=O)=O)c1ccc2c(c1)CCCC2. The average Bonchev–Trinajstić information content (AvgIpc) is 2.69. The number of carbonyl (C=O) groups is 1. The lowest BCUT2D eigenvalue weighted by Crippen LogP contribution is -2.48. The third-order valence-corrected chi connectivity index (χ3v) is 7.46. The van der Waals surface area contributed by atoms with Crippen LogP contribution in [0.25, 0.3) is 0 Å². The molecule has 0 aromatic heterocycles. The number of rotatable bonds is 6. The van der Waals surface area contributed by atoms with E-state index in [1.807, 2.05) is 13.0 Å².